The zero-order valence-electron chi connectivity index (χ0n) is 22.1. The average Bonchev–Trinajstić information content (AvgIpc) is 2.96. The highest BCUT2D eigenvalue weighted by Crippen LogP contribution is 2.33. The number of anilines is 1. The van der Waals surface area contributed by atoms with E-state index in [0.29, 0.717) is 24.7 Å². The Morgan fingerprint density at radius 1 is 0.925 bits per heavy atom. The fourth-order valence-electron chi connectivity index (χ4n) is 4.92. The van der Waals surface area contributed by atoms with Gasteiger partial charge in [0.25, 0.3) is 5.56 Å². The summed E-state index contributed by atoms with van der Waals surface area (Å²) in [5.74, 6) is 0.202. The number of nitrogens with two attached hydrogens (primary N) is 1. The maximum Gasteiger partial charge on any atom is 0.332 e. The minimum atomic E-state index is -3.79. The molecule has 212 valence electrons. The number of benzene rings is 2. The van der Waals surface area contributed by atoms with Gasteiger partial charge in [-0.3, -0.25) is 23.6 Å². The number of hydrogen-bond donors (Lipinski definition) is 1. The summed E-state index contributed by atoms with van der Waals surface area (Å²) in [6.45, 7) is 3.35. The minimum Gasteiger partial charge on any atom is -0.486 e. The molecule has 2 aromatic carbocycles. The van der Waals surface area contributed by atoms with Crippen LogP contribution in [-0.4, -0.2) is 78.5 Å². The molecule has 3 aromatic rings. The van der Waals surface area contributed by atoms with Crippen molar-refractivity contribution in [2.45, 2.75) is 24.9 Å². The Kier molecular flexibility index (Phi) is 7.79. The lowest BCUT2D eigenvalue weighted by atomic mass is 10.1. The van der Waals surface area contributed by atoms with Crippen molar-refractivity contribution in [1.29, 1.82) is 0 Å². The highest BCUT2D eigenvalue weighted by atomic mass is 32.2. The molecular formula is C27H31N5O7S. The molecule has 0 unspecified atom stereocenters. The van der Waals surface area contributed by atoms with Gasteiger partial charge in [0.15, 0.2) is 17.3 Å². The summed E-state index contributed by atoms with van der Waals surface area (Å²) in [6, 6.07) is 13.7. The molecule has 0 saturated carbocycles. The Balaban J connectivity index is 1.31. The number of rotatable bonds is 8. The van der Waals surface area contributed by atoms with Crippen LogP contribution in [0.5, 0.6) is 11.5 Å². The van der Waals surface area contributed by atoms with Crippen molar-refractivity contribution >= 4 is 21.6 Å². The van der Waals surface area contributed by atoms with E-state index >= 15 is 0 Å². The molecule has 0 radical (unpaired) electrons. The second-order valence-electron chi connectivity index (χ2n) is 9.57. The zero-order chi connectivity index (χ0) is 28.4. The van der Waals surface area contributed by atoms with Gasteiger partial charge in [0, 0.05) is 38.8 Å². The van der Waals surface area contributed by atoms with Crippen LogP contribution in [0.2, 0.25) is 0 Å². The van der Waals surface area contributed by atoms with Gasteiger partial charge in [0.2, 0.25) is 10.0 Å². The number of hydrogen-bond acceptors (Lipinski definition) is 9. The van der Waals surface area contributed by atoms with Crippen molar-refractivity contribution in [3.8, 4) is 11.5 Å². The van der Waals surface area contributed by atoms with Crippen molar-refractivity contribution in [2.75, 3.05) is 51.7 Å². The highest BCUT2D eigenvalue weighted by Gasteiger charge is 2.31. The Bertz CT molecular complexity index is 1640. The zero-order valence-corrected chi connectivity index (χ0v) is 22.9. The number of carbonyl (C=O) groups excluding carboxylic acids is 1. The summed E-state index contributed by atoms with van der Waals surface area (Å²) < 4.78 is 41.1. The van der Waals surface area contributed by atoms with Crippen LogP contribution in [0.1, 0.15) is 22.8 Å². The molecule has 5 rings (SSSR count). The van der Waals surface area contributed by atoms with Crippen molar-refractivity contribution in [2.24, 2.45) is 0 Å². The summed E-state index contributed by atoms with van der Waals surface area (Å²) in [6.07, 6.45) is 0. The molecule has 12 nitrogen and oxygen atoms in total. The third kappa shape index (κ3) is 5.27. The van der Waals surface area contributed by atoms with Gasteiger partial charge < -0.3 is 15.2 Å². The first-order chi connectivity index (χ1) is 19.2. The Labute approximate surface area is 231 Å². The quantitative estimate of drug-likeness (QED) is 0.386. The van der Waals surface area contributed by atoms with Gasteiger partial charge in [0.1, 0.15) is 24.6 Å². The smallest absolute Gasteiger partial charge is 0.332 e. The molecule has 13 heteroatoms. The van der Waals surface area contributed by atoms with Gasteiger partial charge in [-0.25, -0.2) is 13.2 Å². The molecule has 3 heterocycles. The second-order valence-corrected chi connectivity index (χ2v) is 11.5. The van der Waals surface area contributed by atoms with Crippen LogP contribution in [0, 0.1) is 0 Å². The van der Waals surface area contributed by atoms with Crippen molar-refractivity contribution < 1.29 is 22.7 Å². The fourth-order valence-corrected chi connectivity index (χ4v) is 6.36. The molecule has 2 N–H and O–H groups in total. The molecule has 40 heavy (non-hydrogen) atoms. The first-order valence-electron chi connectivity index (χ1n) is 13.0. The number of aromatic nitrogens is 2. The van der Waals surface area contributed by atoms with Gasteiger partial charge in [-0.05, 0) is 24.6 Å². The largest absolute Gasteiger partial charge is 0.486 e. The van der Waals surface area contributed by atoms with E-state index in [1.165, 1.54) is 21.0 Å². The first kappa shape index (κ1) is 27.6. The summed E-state index contributed by atoms with van der Waals surface area (Å²) in [4.78, 5) is 41.3. The molecule has 2 aliphatic heterocycles. The van der Waals surface area contributed by atoms with E-state index in [9.17, 15) is 22.8 Å². The van der Waals surface area contributed by atoms with Gasteiger partial charge in [0.05, 0.1) is 18.0 Å². The van der Waals surface area contributed by atoms with Crippen LogP contribution in [0.15, 0.2) is 63.0 Å². The number of ketones is 1. The summed E-state index contributed by atoms with van der Waals surface area (Å²) in [5, 5.41) is 0. The number of sulfonamides is 1. The maximum absolute atomic E-state index is 13.4. The van der Waals surface area contributed by atoms with Crippen LogP contribution in [0.4, 0.5) is 5.82 Å². The molecule has 2 aliphatic rings. The number of nitrogen functional groups attached to an aromatic ring is 1. The standard InChI is InChI=1S/C27H31N5O7S/c1-2-31-26(34)24(25(28)32(27(31)35)17-19-6-4-3-5-7-19)21(33)18-29-10-12-30(13-11-29)40(36,37)20-8-9-22-23(16-20)39-15-14-38-22/h3-9,16H,2,10-15,17-18,28H2,1H3. The Hall–Kier alpha value is -3.94. The Morgan fingerprint density at radius 3 is 2.27 bits per heavy atom. The predicted octanol–water partition coefficient (Wildman–Crippen LogP) is 0.621. The SMILES string of the molecule is CCn1c(=O)c(C(=O)CN2CCN(S(=O)(=O)c3ccc4c(c3)OCCO4)CC2)c(N)n(Cc2ccccc2)c1=O. The predicted molar refractivity (Wildman–Crippen MR) is 148 cm³/mol. The van der Waals surface area contributed by atoms with E-state index in [1.54, 1.807) is 17.9 Å². The normalized spacial score (nSPS) is 16.1. The number of Topliss-reactive ketones (excluding diaryl/α,β-unsaturated/α-hetero) is 1. The van der Waals surface area contributed by atoms with Crippen LogP contribution >= 0.6 is 0 Å². The molecule has 1 fully saturated rings. The summed E-state index contributed by atoms with van der Waals surface area (Å²) in [7, 11) is -3.79. The first-order valence-corrected chi connectivity index (χ1v) is 14.5. The fraction of sp³-hybridized carbons (Fsp3) is 0.370. The van der Waals surface area contributed by atoms with E-state index in [1.807, 2.05) is 30.3 Å². The molecule has 0 amide bonds. The van der Waals surface area contributed by atoms with Gasteiger partial charge in [-0.1, -0.05) is 30.3 Å². The molecule has 0 aliphatic carbocycles. The van der Waals surface area contributed by atoms with Crippen LogP contribution in [0.25, 0.3) is 0 Å². The van der Waals surface area contributed by atoms with Crippen LogP contribution in [0.3, 0.4) is 0 Å². The number of piperazine rings is 1. The Morgan fingerprint density at radius 2 is 1.60 bits per heavy atom. The van der Waals surface area contributed by atoms with E-state index < -0.39 is 27.1 Å². The van der Waals surface area contributed by atoms with Gasteiger partial charge >= 0.3 is 5.69 Å². The van der Waals surface area contributed by atoms with Crippen molar-refractivity contribution in [3.05, 3.63) is 80.5 Å². The average molecular weight is 570 g/mol. The van der Waals surface area contributed by atoms with Crippen LogP contribution < -0.4 is 26.5 Å². The summed E-state index contributed by atoms with van der Waals surface area (Å²) >= 11 is 0. The van der Waals surface area contributed by atoms with Gasteiger partial charge in [-0.15, -0.1) is 0 Å². The topological polar surface area (TPSA) is 146 Å². The lowest BCUT2D eigenvalue weighted by molar-refractivity contribution is 0.0899. The molecule has 1 saturated heterocycles. The lowest BCUT2D eigenvalue weighted by Crippen LogP contribution is -2.50. The number of fused-ring (bicyclic) bond motifs is 1. The molecule has 0 bridgehead atoms. The molecular weight excluding hydrogens is 538 g/mol. The third-order valence-corrected chi connectivity index (χ3v) is 8.99. The number of carbonyl (C=O) groups is 1. The van der Waals surface area contributed by atoms with E-state index in [0.717, 1.165) is 10.1 Å². The van der Waals surface area contributed by atoms with Crippen molar-refractivity contribution in [3.63, 3.8) is 0 Å². The van der Waals surface area contributed by atoms with Gasteiger partial charge in [-0.2, -0.15) is 4.31 Å². The highest BCUT2D eigenvalue weighted by molar-refractivity contribution is 7.89. The van der Waals surface area contributed by atoms with E-state index in [4.69, 9.17) is 15.2 Å². The lowest BCUT2D eigenvalue weighted by Gasteiger charge is -2.33. The molecule has 0 spiro atoms. The monoisotopic (exact) mass is 569 g/mol. The maximum atomic E-state index is 13.4. The minimum absolute atomic E-state index is 0.0867. The molecule has 1 aromatic heterocycles. The summed E-state index contributed by atoms with van der Waals surface area (Å²) in [5.41, 5.74) is 5.52. The second kappa shape index (κ2) is 11.3. The molecule has 0 atom stereocenters. The third-order valence-electron chi connectivity index (χ3n) is 7.10. The van der Waals surface area contributed by atoms with Crippen molar-refractivity contribution in [1.82, 2.24) is 18.3 Å². The number of nitrogens with zero attached hydrogens (tertiary/aromatic N) is 4. The van der Waals surface area contributed by atoms with E-state index in [2.05, 4.69) is 0 Å². The number of ether oxygens (including phenoxy) is 2. The van der Waals surface area contributed by atoms with E-state index in [-0.39, 0.29) is 62.1 Å². The van der Waals surface area contributed by atoms with Crippen LogP contribution in [-0.2, 0) is 23.1 Å².